The van der Waals surface area contributed by atoms with E-state index in [-0.39, 0.29) is 12.1 Å². The molecule has 0 aliphatic rings. The minimum absolute atomic E-state index is 0.00163. The summed E-state index contributed by atoms with van der Waals surface area (Å²) in [6, 6.07) is 1.82. The number of halogens is 3. The molecule has 0 bridgehead atoms. The van der Waals surface area contributed by atoms with Crippen LogP contribution in [0.2, 0.25) is 0 Å². The SMILES string of the molecule is COCCNCC(C)(O)c1ccc(F)c(F)c1F. The summed E-state index contributed by atoms with van der Waals surface area (Å²) in [6.07, 6.45) is 0. The molecular weight excluding hydrogens is 247 g/mol. The van der Waals surface area contributed by atoms with Gasteiger partial charge in [0.25, 0.3) is 0 Å². The van der Waals surface area contributed by atoms with Gasteiger partial charge in [-0.05, 0) is 13.0 Å². The molecule has 102 valence electrons. The molecule has 18 heavy (non-hydrogen) atoms. The number of benzene rings is 1. The van der Waals surface area contributed by atoms with Crippen LogP contribution in [0.15, 0.2) is 12.1 Å². The summed E-state index contributed by atoms with van der Waals surface area (Å²) in [5.74, 6) is -4.22. The molecule has 0 spiro atoms. The van der Waals surface area contributed by atoms with Gasteiger partial charge in [0.05, 0.1) is 6.61 Å². The molecule has 0 saturated heterocycles. The highest BCUT2D eigenvalue weighted by Crippen LogP contribution is 2.25. The summed E-state index contributed by atoms with van der Waals surface area (Å²) in [6.45, 7) is 2.20. The Bertz CT molecular complexity index is 411. The van der Waals surface area contributed by atoms with Gasteiger partial charge in [-0.15, -0.1) is 0 Å². The van der Waals surface area contributed by atoms with Crippen LogP contribution in [0.5, 0.6) is 0 Å². The van der Waals surface area contributed by atoms with Crippen molar-refractivity contribution in [3.05, 3.63) is 35.1 Å². The Morgan fingerprint density at radius 1 is 1.28 bits per heavy atom. The lowest BCUT2D eigenvalue weighted by Gasteiger charge is -2.25. The first-order valence-electron chi connectivity index (χ1n) is 5.46. The number of rotatable bonds is 6. The Hall–Kier alpha value is -1.11. The van der Waals surface area contributed by atoms with Crippen molar-refractivity contribution in [1.29, 1.82) is 0 Å². The number of aliphatic hydroxyl groups is 1. The predicted molar refractivity (Wildman–Crippen MR) is 60.6 cm³/mol. The molecule has 1 aromatic rings. The van der Waals surface area contributed by atoms with E-state index in [1.165, 1.54) is 14.0 Å². The lowest BCUT2D eigenvalue weighted by atomic mass is 9.95. The molecule has 3 nitrogen and oxygen atoms in total. The zero-order valence-corrected chi connectivity index (χ0v) is 10.3. The first-order chi connectivity index (χ1) is 8.40. The van der Waals surface area contributed by atoms with Crippen molar-refractivity contribution < 1.29 is 23.0 Å². The molecule has 0 heterocycles. The standard InChI is InChI=1S/C12H16F3NO2/c1-12(17,7-16-5-6-18-2)8-3-4-9(13)11(15)10(8)14/h3-4,16-17H,5-7H2,1-2H3. The fourth-order valence-electron chi connectivity index (χ4n) is 1.54. The fraction of sp³-hybridized carbons (Fsp3) is 0.500. The van der Waals surface area contributed by atoms with Gasteiger partial charge in [-0.3, -0.25) is 0 Å². The van der Waals surface area contributed by atoms with E-state index in [0.29, 0.717) is 13.2 Å². The van der Waals surface area contributed by atoms with Crippen molar-refractivity contribution in [2.45, 2.75) is 12.5 Å². The number of methoxy groups -OCH3 is 1. The van der Waals surface area contributed by atoms with Crippen LogP contribution in [-0.4, -0.2) is 31.9 Å². The van der Waals surface area contributed by atoms with Crippen molar-refractivity contribution >= 4 is 0 Å². The zero-order chi connectivity index (χ0) is 13.8. The van der Waals surface area contributed by atoms with E-state index >= 15 is 0 Å². The lowest BCUT2D eigenvalue weighted by Crippen LogP contribution is -2.37. The largest absolute Gasteiger partial charge is 0.384 e. The molecule has 0 radical (unpaired) electrons. The molecular formula is C12H16F3NO2. The maximum absolute atomic E-state index is 13.5. The zero-order valence-electron chi connectivity index (χ0n) is 10.3. The number of hydrogen-bond acceptors (Lipinski definition) is 3. The predicted octanol–water partition coefficient (Wildman–Crippen LogP) is 1.55. The molecule has 1 atom stereocenters. The molecule has 0 aliphatic heterocycles. The minimum atomic E-state index is -1.63. The molecule has 2 N–H and O–H groups in total. The second kappa shape index (κ2) is 6.17. The van der Waals surface area contributed by atoms with Crippen molar-refractivity contribution in [2.75, 3.05) is 26.8 Å². The summed E-state index contributed by atoms with van der Waals surface area (Å²) < 4.78 is 44.1. The van der Waals surface area contributed by atoms with Gasteiger partial charge in [-0.1, -0.05) is 6.07 Å². The van der Waals surface area contributed by atoms with Crippen LogP contribution in [0.3, 0.4) is 0 Å². The van der Waals surface area contributed by atoms with Crippen LogP contribution in [0.4, 0.5) is 13.2 Å². The van der Waals surface area contributed by atoms with Crippen molar-refractivity contribution in [2.24, 2.45) is 0 Å². The second-order valence-electron chi connectivity index (χ2n) is 4.17. The maximum Gasteiger partial charge on any atom is 0.194 e. The second-order valence-corrected chi connectivity index (χ2v) is 4.17. The molecule has 6 heteroatoms. The summed E-state index contributed by atoms with van der Waals surface area (Å²) in [5.41, 5.74) is -1.92. The Labute approximate surface area is 104 Å². The van der Waals surface area contributed by atoms with E-state index < -0.39 is 23.1 Å². The van der Waals surface area contributed by atoms with Gasteiger partial charge in [0.1, 0.15) is 5.60 Å². The quantitative estimate of drug-likeness (QED) is 0.604. The van der Waals surface area contributed by atoms with Gasteiger partial charge in [0.2, 0.25) is 0 Å². The van der Waals surface area contributed by atoms with Crippen LogP contribution < -0.4 is 5.32 Å². The summed E-state index contributed by atoms with van der Waals surface area (Å²) in [5, 5.41) is 12.9. The van der Waals surface area contributed by atoms with Crippen LogP contribution in [0.25, 0.3) is 0 Å². The average Bonchev–Trinajstić information content (AvgIpc) is 2.31. The highest BCUT2D eigenvalue weighted by atomic mass is 19.2. The van der Waals surface area contributed by atoms with Gasteiger partial charge >= 0.3 is 0 Å². The molecule has 0 saturated carbocycles. The first-order valence-corrected chi connectivity index (χ1v) is 5.46. The van der Waals surface area contributed by atoms with Gasteiger partial charge in [0.15, 0.2) is 17.5 Å². The van der Waals surface area contributed by atoms with E-state index in [1.807, 2.05) is 0 Å². The summed E-state index contributed by atoms with van der Waals surface area (Å²) >= 11 is 0. The van der Waals surface area contributed by atoms with Crippen LogP contribution in [0, 0.1) is 17.5 Å². The topological polar surface area (TPSA) is 41.5 Å². The lowest BCUT2D eigenvalue weighted by molar-refractivity contribution is 0.0504. The Morgan fingerprint density at radius 2 is 1.94 bits per heavy atom. The number of hydrogen-bond donors (Lipinski definition) is 2. The molecule has 1 rings (SSSR count). The normalized spacial score (nSPS) is 14.6. The molecule has 1 unspecified atom stereocenters. The van der Waals surface area contributed by atoms with Gasteiger partial charge < -0.3 is 15.2 Å². The maximum atomic E-state index is 13.5. The smallest absolute Gasteiger partial charge is 0.194 e. The minimum Gasteiger partial charge on any atom is -0.384 e. The Kier molecular flexibility index (Phi) is 5.13. The van der Waals surface area contributed by atoms with Crippen molar-refractivity contribution in [3.63, 3.8) is 0 Å². The third kappa shape index (κ3) is 3.44. The van der Waals surface area contributed by atoms with Gasteiger partial charge in [-0.25, -0.2) is 13.2 Å². The average molecular weight is 263 g/mol. The Morgan fingerprint density at radius 3 is 2.56 bits per heavy atom. The van der Waals surface area contributed by atoms with E-state index in [9.17, 15) is 18.3 Å². The third-order valence-corrected chi connectivity index (χ3v) is 2.57. The van der Waals surface area contributed by atoms with Crippen LogP contribution >= 0.6 is 0 Å². The number of nitrogens with one attached hydrogen (secondary N) is 1. The molecule has 0 aliphatic carbocycles. The number of ether oxygens (including phenoxy) is 1. The van der Waals surface area contributed by atoms with E-state index in [0.717, 1.165) is 12.1 Å². The first kappa shape index (κ1) is 14.9. The van der Waals surface area contributed by atoms with E-state index in [2.05, 4.69) is 5.32 Å². The Balaban J connectivity index is 2.81. The molecule has 0 aromatic heterocycles. The van der Waals surface area contributed by atoms with Gasteiger partial charge in [0, 0.05) is 25.8 Å². The van der Waals surface area contributed by atoms with Crippen molar-refractivity contribution in [1.82, 2.24) is 5.32 Å². The summed E-state index contributed by atoms with van der Waals surface area (Å²) in [7, 11) is 1.52. The highest BCUT2D eigenvalue weighted by molar-refractivity contribution is 5.26. The van der Waals surface area contributed by atoms with Gasteiger partial charge in [-0.2, -0.15) is 0 Å². The molecule has 0 amide bonds. The highest BCUT2D eigenvalue weighted by Gasteiger charge is 2.28. The van der Waals surface area contributed by atoms with E-state index in [1.54, 1.807) is 0 Å². The molecule has 0 fully saturated rings. The summed E-state index contributed by atoms with van der Waals surface area (Å²) in [4.78, 5) is 0. The molecule has 1 aromatic carbocycles. The fourth-order valence-corrected chi connectivity index (χ4v) is 1.54. The van der Waals surface area contributed by atoms with Crippen LogP contribution in [0.1, 0.15) is 12.5 Å². The van der Waals surface area contributed by atoms with E-state index in [4.69, 9.17) is 4.74 Å². The van der Waals surface area contributed by atoms with Crippen LogP contribution in [-0.2, 0) is 10.3 Å². The van der Waals surface area contributed by atoms with Crippen molar-refractivity contribution in [3.8, 4) is 0 Å². The third-order valence-electron chi connectivity index (χ3n) is 2.57. The monoisotopic (exact) mass is 263 g/mol.